The summed E-state index contributed by atoms with van der Waals surface area (Å²) in [5.41, 5.74) is 2.18. The molecule has 0 aliphatic carbocycles. The number of hydrogen-bond acceptors (Lipinski definition) is 3. The van der Waals surface area contributed by atoms with Crippen molar-refractivity contribution in [2.45, 2.75) is 13.3 Å². The van der Waals surface area contributed by atoms with E-state index in [4.69, 9.17) is 5.26 Å². The van der Waals surface area contributed by atoms with Gasteiger partial charge in [0.25, 0.3) is 0 Å². The van der Waals surface area contributed by atoms with Crippen molar-refractivity contribution < 1.29 is 9.53 Å². The second-order valence-electron chi connectivity index (χ2n) is 3.15. The Balaban J connectivity index is 3.16. The standard InChI is InChI=1S/C11H10BrNO2/c1-7-3-8(5-11(14)15-2)9(6-13)10(12)4-7/h3-4H,5H2,1-2H3. The maximum absolute atomic E-state index is 11.1. The zero-order valence-corrected chi connectivity index (χ0v) is 10.1. The SMILES string of the molecule is COC(=O)Cc1cc(C)cc(Br)c1C#N. The van der Waals surface area contributed by atoms with Crippen LogP contribution in [-0.2, 0) is 16.0 Å². The minimum atomic E-state index is -0.344. The first-order chi connectivity index (χ1) is 7.08. The van der Waals surface area contributed by atoms with E-state index >= 15 is 0 Å². The number of aryl methyl sites for hydroxylation is 1. The van der Waals surface area contributed by atoms with E-state index in [1.54, 1.807) is 0 Å². The molecule has 1 aromatic carbocycles. The minimum Gasteiger partial charge on any atom is -0.469 e. The van der Waals surface area contributed by atoms with Gasteiger partial charge in [0, 0.05) is 4.47 Å². The lowest BCUT2D eigenvalue weighted by molar-refractivity contribution is -0.139. The molecular formula is C11H10BrNO2. The predicted octanol–water partition coefficient (Wildman–Crippen LogP) is 2.34. The van der Waals surface area contributed by atoms with Crippen LogP contribution in [0.4, 0.5) is 0 Å². The van der Waals surface area contributed by atoms with E-state index in [9.17, 15) is 4.79 Å². The first-order valence-corrected chi connectivity index (χ1v) is 5.13. The zero-order valence-electron chi connectivity index (χ0n) is 8.50. The topological polar surface area (TPSA) is 50.1 Å². The van der Waals surface area contributed by atoms with Crippen LogP contribution in [0, 0.1) is 18.3 Å². The van der Waals surface area contributed by atoms with E-state index in [0.717, 1.165) is 5.56 Å². The summed E-state index contributed by atoms with van der Waals surface area (Å²) in [7, 11) is 1.33. The highest BCUT2D eigenvalue weighted by molar-refractivity contribution is 9.10. The first-order valence-electron chi connectivity index (χ1n) is 4.34. The molecule has 0 amide bonds. The fourth-order valence-corrected chi connectivity index (χ4v) is 2.01. The normalized spacial score (nSPS) is 9.47. The van der Waals surface area contributed by atoms with Crippen LogP contribution in [0.2, 0.25) is 0 Å². The van der Waals surface area contributed by atoms with Crippen molar-refractivity contribution >= 4 is 21.9 Å². The third-order valence-electron chi connectivity index (χ3n) is 1.99. The molecule has 0 spiro atoms. The number of nitrogens with zero attached hydrogens (tertiary/aromatic N) is 1. The van der Waals surface area contributed by atoms with Gasteiger partial charge >= 0.3 is 5.97 Å². The van der Waals surface area contributed by atoms with Gasteiger partial charge in [-0.15, -0.1) is 0 Å². The van der Waals surface area contributed by atoms with E-state index in [-0.39, 0.29) is 12.4 Å². The number of esters is 1. The Bertz CT molecular complexity index is 435. The highest BCUT2D eigenvalue weighted by Gasteiger charge is 2.11. The van der Waals surface area contributed by atoms with Crippen molar-refractivity contribution in [2.75, 3.05) is 7.11 Å². The summed E-state index contributed by atoms with van der Waals surface area (Å²) in [5, 5.41) is 8.94. The molecule has 3 nitrogen and oxygen atoms in total. The molecule has 0 aliphatic heterocycles. The van der Waals surface area contributed by atoms with Crippen LogP contribution in [0.15, 0.2) is 16.6 Å². The summed E-state index contributed by atoms with van der Waals surface area (Å²) in [5.74, 6) is -0.344. The number of hydrogen-bond donors (Lipinski definition) is 0. The molecule has 0 aromatic heterocycles. The fourth-order valence-electron chi connectivity index (χ4n) is 1.31. The lowest BCUT2D eigenvalue weighted by Gasteiger charge is -2.06. The number of rotatable bonds is 2. The molecule has 0 N–H and O–H groups in total. The summed E-state index contributed by atoms with van der Waals surface area (Å²) in [6.07, 6.45) is 0.125. The molecule has 0 atom stereocenters. The zero-order chi connectivity index (χ0) is 11.4. The molecular weight excluding hydrogens is 258 g/mol. The Morgan fingerprint density at radius 2 is 2.27 bits per heavy atom. The van der Waals surface area contributed by atoms with Gasteiger partial charge in [0.2, 0.25) is 0 Å². The Kier molecular flexibility index (Phi) is 3.87. The van der Waals surface area contributed by atoms with Gasteiger partial charge in [0.1, 0.15) is 6.07 Å². The summed E-state index contributed by atoms with van der Waals surface area (Å²) in [6, 6.07) is 5.73. The number of carbonyl (C=O) groups excluding carboxylic acids is 1. The average Bonchev–Trinajstić information content (AvgIpc) is 2.17. The van der Waals surface area contributed by atoms with Gasteiger partial charge in [-0.25, -0.2) is 0 Å². The number of nitriles is 1. The van der Waals surface area contributed by atoms with Crippen LogP contribution in [0.25, 0.3) is 0 Å². The van der Waals surface area contributed by atoms with Crippen molar-refractivity contribution in [3.8, 4) is 6.07 Å². The van der Waals surface area contributed by atoms with Crippen LogP contribution >= 0.6 is 15.9 Å². The summed E-state index contributed by atoms with van der Waals surface area (Å²) in [6.45, 7) is 1.91. The van der Waals surface area contributed by atoms with Crippen molar-refractivity contribution in [3.05, 3.63) is 33.3 Å². The molecule has 0 saturated heterocycles. The van der Waals surface area contributed by atoms with Crippen molar-refractivity contribution in [3.63, 3.8) is 0 Å². The van der Waals surface area contributed by atoms with Crippen LogP contribution in [-0.4, -0.2) is 13.1 Å². The third-order valence-corrected chi connectivity index (χ3v) is 2.62. The van der Waals surface area contributed by atoms with E-state index in [1.807, 2.05) is 19.1 Å². The van der Waals surface area contributed by atoms with Gasteiger partial charge in [0.15, 0.2) is 0 Å². The van der Waals surface area contributed by atoms with E-state index in [0.29, 0.717) is 15.6 Å². The number of benzene rings is 1. The monoisotopic (exact) mass is 267 g/mol. The van der Waals surface area contributed by atoms with E-state index < -0.39 is 0 Å². The second kappa shape index (κ2) is 4.94. The Hall–Kier alpha value is -1.34. The molecule has 0 bridgehead atoms. The highest BCUT2D eigenvalue weighted by Crippen LogP contribution is 2.22. The van der Waals surface area contributed by atoms with Crippen LogP contribution in [0.3, 0.4) is 0 Å². The van der Waals surface area contributed by atoms with Gasteiger partial charge in [0.05, 0.1) is 19.1 Å². The van der Waals surface area contributed by atoms with Gasteiger partial charge in [-0.3, -0.25) is 4.79 Å². The quantitative estimate of drug-likeness (QED) is 0.773. The maximum atomic E-state index is 11.1. The van der Waals surface area contributed by atoms with Gasteiger partial charge in [-0.05, 0) is 40.0 Å². The smallest absolute Gasteiger partial charge is 0.310 e. The van der Waals surface area contributed by atoms with Crippen LogP contribution in [0.5, 0.6) is 0 Å². The second-order valence-corrected chi connectivity index (χ2v) is 4.00. The van der Waals surface area contributed by atoms with Crippen molar-refractivity contribution in [1.29, 1.82) is 5.26 Å². The van der Waals surface area contributed by atoms with Crippen LogP contribution < -0.4 is 0 Å². The molecule has 78 valence electrons. The lowest BCUT2D eigenvalue weighted by Crippen LogP contribution is -2.06. The number of carbonyl (C=O) groups is 1. The molecule has 4 heteroatoms. The molecule has 1 rings (SSSR count). The molecule has 0 aliphatic rings. The first kappa shape index (κ1) is 11.7. The Labute approximate surface area is 96.8 Å². The number of methoxy groups -OCH3 is 1. The van der Waals surface area contributed by atoms with Gasteiger partial charge in [-0.2, -0.15) is 5.26 Å². The van der Waals surface area contributed by atoms with Crippen molar-refractivity contribution in [2.24, 2.45) is 0 Å². The average molecular weight is 268 g/mol. The van der Waals surface area contributed by atoms with Gasteiger partial charge in [-0.1, -0.05) is 6.07 Å². The van der Waals surface area contributed by atoms with E-state index in [2.05, 4.69) is 26.7 Å². The molecule has 1 aromatic rings. The molecule has 0 heterocycles. The molecule has 15 heavy (non-hydrogen) atoms. The maximum Gasteiger partial charge on any atom is 0.310 e. The lowest BCUT2D eigenvalue weighted by atomic mass is 10.0. The number of ether oxygens (including phenoxy) is 1. The highest BCUT2D eigenvalue weighted by atomic mass is 79.9. The summed E-state index contributed by atoms with van der Waals surface area (Å²) >= 11 is 3.30. The Morgan fingerprint density at radius 3 is 2.80 bits per heavy atom. The molecule has 0 saturated carbocycles. The van der Waals surface area contributed by atoms with E-state index in [1.165, 1.54) is 7.11 Å². The largest absolute Gasteiger partial charge is 0.469 e. The predicted molar refractivity (Wildman–Crippen MR) is 59.3 cm³/mol. The fraction of sp³-hybridized carbons (Fsp3) is 0.273. The van der Waals surface area contributed by atoms with Gasteiger partial charge < -0.3 is 4.74 Å². The van der Waals surface area contributed by atoms with Crippen LogP contribution in [0.1, 0.15) is 16.7 Å². The molecule has 0 unspecified atom stereocenters. The third kappa shape index (κ3) is 2.80. The summed E-state index contributed by atoms with van der Waals surface area (Å²) < 4.78 is 5.28. The van der Waals surface area contributed by atoms with Crippen molar-refractivity contribution in [1.82, 2.24) is 0 Å². The Morgan fingerprint density at radius 1 is 1.60 bits per heavy atom. The minimum absolute atomic E-state index is 0.125. The number of halogens is 1. The molecule has 0 fully saturated rings. The summed E-state index contributed by atoms with van der Waals surface area (Å²) in [4.78, 5) is 11.1. The molecule has 0 radical (unpaired) electrons.